The predicted octanol–water partition coefficient (Wildman–Crippen LogP) is 5.14. The van der Waals surface area contributed by atoms with Crippen LogP contribution in [0.25, 0.3) is 33.4 Å². The summed E-state index contributed by atoms with van der Waals surface area (Å²) in [6.07, 6.45) is 4.78. The van der Waals surface area contributed by atoms with Gasteiger partial charge in [-0.2, -0.15) is 0 Å². The Bertz CT molecular complexity index is 1360. The van der Waals surface area contributed by atoms with Crippen LogP contribution >= 0.6 is 0 Å². The van der Waals surface area contributed by atoms with Gasteiger partial charge in [-0.05, 0) is 47.9 Å². The number of imidazole rings is 1. The second-order valence-corrected chi connectivity index (χ2v) is 7.26. The standard InChI is InChI=1S/C24H19FN6/c1-15-10-18(8-9-26-15)17-4-2-16(3-5-17)12-27-24-22(25)23(30-14-31-24)19-6-7-20-21(11-19)29-13-28-20/h2-11,13-14H,12H2,1H3,(H,28,29)(H,27,30,31). The van der Waals surface area contributed by atoms with Crippen LogP contribution in [0.2, 0.25) is 0 Å². The number of hydrogen-bond acceptors (Lipinski definition) is 5. The van der Waals surface area contributed by atoms with Crippen LogP contribution in [0.1, 0.15) is 11.3 Å². The lowest BCUT2D eigenvalue weighted by Crippen LogP contribution is -2.05. The molecule has 0 spiro atoms. The smallest absolute Gasteiger partial charge is 0.191 e. The van der Waals surface area contributed by atoms with Crippen molar-refractivity contribution in [2.24, 2.45) is 0 Å². The van der Waals surface area contributed by atoms with Crippen molar-refractivity contribution in [1.82, 2.24) is 24.9 Å². The molecule has 0 saturated carbocycles. The molecule has 0 aliphatic carbocycles. The van der Waals surface area contributed by atoms with Crippen LogP contribution < -0.4 is 5.32 Å². The van der Waals surface area contributed by atoms with Crippen LogP contribution in [0.15, 0.2) is 73.4 Å². The number of rotatable bonds is 5. The lowest BCUT2D eigenvalue weighted by atomic mass is 10.0. The van der Waals surface area contributed by atoms with Gasteiger partial charge in [-0.3, -0.25) is 4.98 Å². The highest BCUT2D eigenvalue weighted by atomic mass is 19.1. The molecule has 0 bridgehead atoms. The summed E-state index contributed by atoms with van der Waals surface area (Å²) in [5, 5.41) is 3.08. The number of halogens is 1. The average Bonchev–Trinajstić information content (AvgIpc) is 3.27. The molecule has 0 fully saturated rings. The largest absolute Gasteiger partial charge is 0.363 e. The number of nitrogens with one attached hydrogen (secondary N) is 2. The molecular weight excluding hydrogens is 391 g/mol. The minimum Gasteiger partial charge on any atom is -0.363 e. The summed E-state index contributed by atoms with van der Waals surface area (Å²) in [6, 6.07) is 17.6. The third kappa shape index (κ3) is 3.85. The van der Waals surface area contributed by atoms with Crippen molar-refractivity contribution in [1.29, 1.82) is 0 Å². The van der Waals surface area contributed by atoms with E-state index in [1.54, 1.807) is 18.6 Å². The van der Waals surface area contributed by atoms with E-state index in [0.717, 1.165) is 33.4 Å². The Morgan fingerprint density at radius 1 is 0.871 bits per heavy atom. The highest BCUT2D eigenvalue weighted by Crippen LogP contribution is 2.26. The van der Waals surface area contributed by atoms with E-state index < -0.39 is 5.82 Å². The molecule has 5 aromatic rings. The van der Waals surface area contributed by atoms with Crippen LogP contribution in [0, 0.1) is 12.7 Å². The first-order valence-corrected chi connectivity index (χ1v) is 9.87. The summed E-state index contributed by atoms with van der Waals surface area (Å²) >= 11 is 0. The molecular formula is C24H19FN6. The molecule has 0 unspecified atom stereocenters. The SMILES string of the molecule is Cc1cc(-c2ccc(CNc3ncnc(-c4ccc5[nH]cnc5c4)c3F)cc2)ccn1. The molecule has 3 heterocycles. The van der Waals surface area contributed by atoms with Crippen LogP contribution in [-0.4, -0.2) is 24.9 Å². The molecule has 0 atom stereocenters. The van der Waals surface area contributed by atoms with E-state index in [2.05, 4.69) is 30.2 Å². The third-order valence-corrected chi connectivity index (χ3v) is 5.13. The minimum atomic E-state index is -0.485. The number of fused-ring (bicyclic) bond motifs is 1. The normalized spacial score (nSPS) is 11.0. The zero-order chi connectivity index (χ0) is 21.2. The van der Waals surface area contributed by atoms with Crippen molar-refractivity contribution >= 4 is 16.9 Å². The zero-order valence-corrected chi connectivity index (χ0v) is 16.8. The van der Waals surface area contributed by atoms with Crippen LogP contribution in [0.4, 0.5) is 10.2 Å². The molecule has 5 rings (SSSR count). The van der Waals surface area contributed by atoms with E-state index >= 15 is 4.39 Å². The summed E-state index contributed by atoms with van der Waals surface area (Å²) in [4.78, 5) is 19.7. The first-order chi connectivity index (χ1) is 15.2. The Morgan fingerprint density at radius 3 is 2.55 bits per heavy atom. The van der Waals surface area contributed by atoms with E-state index in [9.17, 15) is 0 Å². The van der Waals surface area contributed by atoms with Crippen LogP contribution in [-0.2, 0) is 6.54 Å². The van der Waals surface area contributed by atoms with E-state index in [-0.39, 0.29) is 11.5 Å². The van der Waals surface area contributed by atoms with Gasteiger partial charge < -0.3 is 10.3 Å². The molecule has 2 N–H and O–H groups in total. The summed E-state index contributed by atoms with van der Waals surface area (Å²) in [7, 11) is 0. The van der Waals surface area contributed by atoms with Gasteiger partial charge >= 0.3 is 0 Å². The monoisotopic (exact) mass is 410 g/mol. The van der Waals surface area contributed by atoms with Gasteiger partial charge in [0.05, 0.1) is 17.4 Å². The molecule has 6 nitrogen and oxygen atoms in total. The Kier molecular flexibility index (Phi) is 4.84. The fourth-order valence-electron chi connectivity index (χ4n) is 3.50. The summed E-state index contributed by atoms with van der Waals surface area (Å²) in [5.74, 6) is -0.317. The van der Waals surface area contributed by atoms with Crippen LogP contribution in [0.5, 0.6) is 0 Å². The van der Waals surface area contributed by atoms with Crippen molar-refractivity contribution in [2.75, 3.05) is 5.32 Å². The van der Waals surface area contributed by atoms with Gasteiger partial charge in [0.15, 0.2) is 11.6 Å². The molecule has 2 aromatic carbocycles. The number of hydrogen-bond donors (Lipinski definition) is 2. The third-order valence-electron chi connectivity index (χ3n) is 5.13. The number of benzene rings is 2. The lowest BCUT2D eigenvalue weighted by molar-refractivity contribution is 0.621. The van der Waals surface area contributed by atoms with Gasteiger partial charge in [-0.25, -0.2) is 19.3 Å². The first kappa shape index (κ1) is 18.9. The number of pyridine rings is 1. The molecule has 31 heavy (non-hydrogen) atoms. The van der Waals surface area contributed by atoms with Gasteiger partial charge in [-0.15, -0.1) is 0 Å². The Labute approximate surface area is 178 Å². The van der Waals surface area contributed by atoms with E-state index in [1.165, 1.54) is 6.33 Å². The van der Waals surface area contributed by atoms with Crippen molar-refractivity contribution in [2.45, 2.75) is 13.5 Å². The minimum absolute atomic E-state index is 0.168. The van der Waals surface area contributed by atoms with Gasteiger partial charge in [0, 0.05) is 24.0 Å². The van der Waals surface area contributed by atoms with Gasteiger partial charge in [0.1, 0.15) is 12.0 Å². The number of H-pyrrole nitrogens is 1. The molecule has 0 radical (unpaired) electrons. The molecule has 0 amide bonds. The molecule has 0 aliphatic heterocycles. The first-order valence-electron chi connectivity index (χ1n) is 9.87. The van der Waals surface area contributed by atoms with E-state index in [4.69, 9.17) is 0 Å². The van der Waals surface area contributed by atoms with Crippen molar-refractivity contribution in [3.05, 3.63) is 90.5 Å². The molecule has 152 valence electrons. The Morgan fingerprint density at radius 2 is 1.71 bits per heavy atom. The maximum atomic E-state index is 15.1. The predicted molar refractivity (Wildman–Crippen MR) is 119 cm³/mol. The zero-order valence-electron chi connectivity index (χ0n) is 16.8. The highest BCUT2D eigenvalue weighted by Gasteiger charge is 2.14. The van der Waals surface area contributed by atoms with Crippen molar-refractivity contribution in [3.63, 3.8) is 0 Å². The van der Waals surface area contributed by atoms with E-state index in [1.807, 2.05) is 55.5 Å². The fourth-order valence-corrected chi connectivity index (χ4v) is 3.50. The quantitative estimate of drug-likeness (QED) is 0.419. The second kappa shape index (κ2) is 7.95. The Hall–Kier alpha value is -4.13. The highest BCUT2D eigenvalue weighted by molar-refractivity contribution is 5.81. The lowest BCUT2D eigenvalue weighted by Gasteiger charge is -2.10. The van der Waals surface area contributed by atoms with Crippen molar-refractivity contribution in [3.8, 4) is 22.4 Å². The van der Waals surface area contributed by atoms with Gasteiger partial charge in [-0.1, -0.05) is 30.3 Å². The molecule has 0 saturated heterocycles. The number of aromatic amines is 1. The fraction of sp³-hybridized carbons (Fsp3) is 0.0833. The summed E-state index contributed by atoms with van der Waals surface area (Å²) < 4.78 is 15.1. The molecule has 0 aliphatic rings. The maximum absolute atomic E-state index is 15.1. The number of anilines is 1. The Balaban J connectivity index is 1.34. The van der Waals surface area contributed by atoms with Crippen molar-refractivity contribution < 1.29 is 4.39 Å². The second-order valence-electron chi connectivity index (χ2n) is 7.26. The summed E-state index contributed by atoms with van der Waals surface area (Å²) in [5.41, 5.74) is 6.77. The van der Waals surface area contributed by atoms with Crippen LogP contribution in [0.3, 0.4) is 0 Å². The van der Waals surface area contributed by atoms with E-state index in [0.29, 0.717) is 12.1 Å². The van der Waals surface area contributed by atoms with Gasteiger partial charge in [0.25, 0.3) is 0 Å². The average molecular weight is 410 g/mol. The summed E-state index contributed by atoms with van der Waals surface area (Å²) in [6.45, 7) is 2.42. The topological polar surface area (TPSA) is 79.4 Å². The number of aryl methyl sites for hydroxylation is 1. The maximum Gasteiger partial charge on any atom is 0.191 e. The molecule has 7 heteroatoms. The number of nitrogens with zero attached hydrogens (tertiary/aromatic N) is 4. The molecule has 3 aromatic heterocycles. The van der Waals surface area contributed by atoms with Gasteiger partial charge in [0.2, 0.25) is 0 Å². The number of aromatic nitrogens is 5.